The molecular formula is C29H46N4O5S. The number of hydrogen-bond acceptors (Lipinski definition) is 8. The van der Waals surface area contributed by atoms with Crippen LogP contribution in [-0.4, -0.2) is 33.8 Å². The van der Waals surface area contributed by atoms with E-state index in [-0.39, 0.29) is 17.7 Å². The quantitative estimate of drug-likeness (QED) is 0.183. The minimum atomic E-state index is -0.605. The topological polar surface area (TPSA) is 127 Å². The summed E-state index contributed by atoms with van der Waals surface area (Å²) < 4.78 is 10.3. The van der Waals surface area contributed by atoms with Gasteiger partial charge in [0.1, 0.15) is 5.75 Å². The number of aryl methyl sites for hydroxylation is 1. The standard InChI is InChI=1S/C22H32N4O5.C5H8S.C2H6/c1-5-30-17-11-9-15(10-12-17)7-6-8-16(13-18(27)25-29)21(28)24-19(22(2,3)4)20-23-14-31-26-20;1-4-6-5(2)3;1-2/h9-12,14,16,19,29H,5-8,13H2,1-4H3,(H,24,28)(H,25,27);4H,1-2H2,3H3;1-2H3/t16?,19-;;/m1../s1. The average molecular weight is 563 g/mol. The molecule has 0 saturated heterocycles. The molecule has 0 spiro atoms. The first-order valence-electron chi connectivity index (χ1n) is 13.2. The van der Waals surface area contributed by atoms with Crippen molar-refractivity contribution in [2.75, 3.05) is 6.61 Å². The third-order valence-electron chi connectivity index (χ3n) is 5.25. The maximum Gasteiger partial charge on any atom is 0.244 e. The van der Waals surface area contributed by atoms with Crippen molar-refractivity contribution in [1.82, 2.24) is 20.9 Å². The molecule has 2 aromatic rings. The van der Waals surface area contributed by atoms with Crippen LogP contribution in [0.15, 0.2) is 58.7 Å². The van der Waals surface area contributed by atoms with E-state index >= 15 is 0 Å². The number of nitrogens with zero attached hydrogens (tertiary/aromatic N) is 2. The van der Waals surface area contributed by atoms with Crippen LogP contribution in [0.1, 0.15) is 85.2 Å². The Morgan fingerprint density at radius 3 is 2.31 bits per heavy atom. The number of hydroxylamine groups is 1. The van der Waals surface area contributed by atoms with Gasteiger partial charge in [-0.25, -0.2) is 5.48 Å². The van der Waals surface area contributed by atoms with Gasteiger partial charge in [-0.05, 0) is 66.5 Å². The van der Waals surface area contributed by atoms with Crippen LogP contribution in [0.5, 0.6) is 5.75 Å². The van der Waals surface area contributed by atoms with E-state index < -0.39 is 17.9 Å². The van der Waals surface area contributed by atoms with Gasteiger partial charge in [-0.3, -0.25) is 14.8 Å². The Hall–Kier alpha value is -3.11. The van der Waals surface area contributed by atoms with Gasteiger partial charge in [-0.1, -0.05) is 65.1 Å². The first-order chi connectivity index (χ1) is 18.5. The SMILES string of the molecule is C=CSC(=C)C.CC.CCOc1ccc(CCCC(CC(=O)NO)C(=O)N[C@H](c2ncon2)C(C)(C)C)cc1. The fourth-order valence-electron chi connectivity index (χ4n) is 3.44. The molecule has 0 saturated carbocycles. The average Bonchev–Trinajstić information content (AvgIpc) is 3.43. The van der Waals surface area contributed by atoms with Crippen molar-refractivity contribution in [1.29, 1.82) is 0 Å². The zero-order valence-corrected chi connectivity index (χ0v) is 25.3. The van der Waals surface area contributed by atoms with Gasteiger partial charge in [-0.2, -0.15) is 4.98 Å². The summed E-state index contributed by atoms with van der Waals surface area (Å²) in [4.78, 5) is 30.0. The monoisotopic (exact) mass is 562 g/mol. The van der Waals surface area contributed by atoms with Gasteiger partial charge in [-0.15, -0.1) is 11.8 Å². The van der Waals surface area contributed by atoms with E-state index in [1.807, 2.05) is 72.7 Å². The summed E-state index contributed by atoms with van der Waals surface area (Å²) in [5.41, 5.74) is 2.36. The van der Waals surface area contributed by atoms with Crippen molar-refractivity contribution in [3.63, 3.8) is 0 Å². The summed E-state index contributed by atoms with van der Waals surface area (Å²) in [5, 5.41) is 17.5. The molecule has 218 valence electrons. The van der Waals surface area contributed by atoms with Crippen LogP contribution in [-0.2, 0) is 16.0 Å². The minimum absolute atomic E-state index is 0.116. The fraction of sp³-hybridized carbons (Fsp3) is 0.517. The van der Waals surface area contributed by atoms with Crippen molar-refractivity contribution in [3.8, 4) is 5.75 Å². The maximum absolute atomic E-state index is 13.0. The lowest BCUT2D eigenvalue weighted by Gasteiger charge is -2.30. The molecule has 0 bridgehead atoms. The molecule has 0 fully saturated rings. The summed E-state index contributed by atoms with van der Waals surface area (Å²) in [6, 6.07) is 7.34. The molecule has 10 heteroatoms. The number of thioether (sulfide) groups is 1. The number of carbonyl (C=O) groups excluding carboxylic acids is 2. The van der Waals surface area contributed by atoms with E-state index in [1.54, 1.807) is 22.7 Å². The minimum Gasteiger partial charge on any atom is -0.494 e. The Balaban J connectivity index is 0.00000159. The summed E-state index contributed by atoms with van der Waals surface area (Å²) >= 11 is 1.56. The van der Waals surface area contributed by atoms with Crippen molar-refractivity contribution in [2.45, 2.75) is 80.2 Å². The molecule has 3 N–H and O–H groups in total. The van der Waals surface area contributed by atoms with Gasteiger partial charge >= 0.3 is 0 Å². The van der Waals surface area contributed by atoms with E-state index in [0.717, 1.165) is 22.6 Å². The molecule has 1 aromatic carbocycles. The Kier molecular flexibility index (Phi) is 18.3. The number of carbonyl (C=O) groups is 2. The maximum atomic E-state index is 13.0. The highest BCUT2D eigenvalue weighted by Crippen LogP contribution is 2.31. The van der Waals surface area contributed by atoms with Crippen LogP contribution in [0.4, 0.5) is 0 Å². The Labute approximate surface area is 237 Å². The molecule has 0 aliphatic rings. The molecule has 0 aliphatic carbocycles. The third kappa shape index (κ3) is 15.2. The Bertz CT molecular complexity index is 973. The van der Waals surface area contributed by atoms with Crippen LogP contribution in [0.3, 0.4) is 0 Å². The normalized spacial score (nSPS) is 11.9. The predicted molar refractivity (Wildman–Crippen MR) is 157 cm³/mol. The molecule has 0 radical (unpaired) electrons. The van der Waals surface area contributed by atoms with Crippen LogP contribution in [0.2, 0.25) is 0 Å². The second-order valence-corrected chi connectivity index (χ2v) is 10.8. The molecule has 1 aromatic heterocycles. The summed E-state index contributed by atoms with van der Waals surface area (Å²) in [7, 11) is 0. The van der Waals surface area contributed by atoms with Gasteiger partial charge in [0.2, 0.25) is 18.2 Å². The summed E-state index contributed by atoms with van der Waals surface area (Å²) in [6.07, 6.45) is 3.04. The molecule has 1 heterocycles. The lowest BCUT2D eigenvalue weighted by atomic mass is 9.85. The molecule has 2 amide bonds. The first kappa shape index (κ1) is 35.9. The van der Waals surface area contributed by atoms with E-state index in [0.29, 0.717) is 25.3 Å². The van der Waals surface area contributed by atoms with Gasteiger partial charge in [0.25, 0.3) is 0 Å². The van der Waals surface area contributed by atoms with Crippen LogP contribution in [0.25, 0.3) is 0 Å². The smallest absolute Gasteiger partial charge is 0.244 e. The number of rotatable bonds is 13. The summed E-state index contributed by atoms with van der Waals surface area (Å²) in [6.45, 7) is 21.5. The number of allylic oxidation sites excluding steroid dienone is 1. The molecule has 39 heavy (non-hydrogen) atoms. The zero-order valence-electron chi connectivity index (χ0n) is 24.5. The number of ether oxygens (including phenoxy) is 1. The van der Waals surface area contributed by atoms with Crippen LogP contribution in [0, 0.1) is 11.3 Å². The van der Waals surface area contributed by atoms with Gasteiger partial charge in [0.15, 0.2) is 5.82 Å². The number of nitrogens with one attached hydrogen (secondary N) is 2. The van der Waals surface area contributed by atoms with Gasteiger partial charge < -0.3 is 14.6 Å². The van der Waals surface area contributed by atoms with Crippen LogP contribution < -0.4 is 15.5 Å². The molecule has 2 atom stereocenters. The molecule has 9 nitrogen and oxygen atoms in total. The van der Waals surface area contributed by atoms with Crippen molar-refractivity contribution >= 4 is 23.6 Å². The second kappa shape index (κ2) is 19.9. The van der Waals surface area contributed by atoms with Crippen LogP contribution >= 0.6 is 11.8 Å². The largest absolute Gasteiger partial charge is 0.494 e. The third-order valence-corrected chi connectivity index (χ3v) is 5.82. The second-order valence-electron chi connectivity index (χ2n) is 9.49. The predicted octanol–water partition coefficient (Wildman–Crippen LogP) is 6.63. The number of benzene rings is 1. The van der Waals surface area contributed by atoms with E-state index in [9.17, 15) is 9.59 Å². The zero-order chi connectivity index (χ0) is 29.8. The number of hydrogen-bond donors (Lipinski definition) is 3. The van der Waals surface area contributed by atoms with Crippen molar-refractivity contribution in [3.05, 3.63) is 65.5 Å². The van der Waals surface area contributed by atoms with Crippen molar-refractivity contribution in [2.24, 2.45) is 11.3 Å². The lowest BCUT2D eigenvalue weighted by molar-refractivity contribution is -0.135. The Morgan fingerprint density at radius 1 is 1.23 bits per heavy atom. The fourth-order valence-corrected chi connectivity index (χ4v) is 3.73. The van der Waals surface area contributed by atoms with Gasteiger partial charge in [0, 0.05) is 12.3 Å². The first-order valence-corrected chi connectivity index (χ1v) is 14.0. The van der Waals surface area contributed by atoms with E-state index in [1.165, 1.54) is 6.39 Å². The van der Waals surface area contributed by atoms with E-state index in [2.05, 4.69) is 28.6 Å². The summed E-state index contributed by atoms with van der Waals surface area (Å²) in [5.74, 6) is -0.307. The highest BCUT2D eigenvalue weighted by molar-refractivity contribution is 8.05. The Morgan fingerprint density at radius 2 is 1.87 bits per heavy atom. The number of aromatic nitrogens is 2. The molecule has 1 unspecified atom stereocenters. The molecule has 0 aliphatic heterocycles. The lowest BCUT2D eigenvalue weighted by Crippen LogP contribution is -2.41. The van der Waals surface area contributed by atoms with Gasteiger partial charge in [0.05, 0.1) is 12.6 Å². The highest BCUT2D eigenvalue weighted by Gasteiger charge is 2.33. The van der Waals surface area contributed by atoms with Crippen molar-refractivity contribution < 1.29 is 24.1 Å². The highest BCUT2D eigenvalue weighted by atomic mass is 32.2. The molecular weight excluding hydrogens is 516 g/mol. The van der Waals surface area contributed by atoms with E-state index in [4.69, 9.17) is 14.5 Å². The molecule has 2 rings (SSSR count). The number of amides is 2.